The van der Waals surface area contributed by atoms with Gasteiger partial charge in [-0.1, -0.05) is 146 Å². The molecule has 3 aliphatic rings. The normalized spacial score (nSPS) is 19.5. The molecule has 0 saturated carbocycles. The maximum absolute atomic E-state index is 2.48. The van der Waals surface area contributed by atoms with E-state index in [0.717, 1.165) is 0 Å². The number of fused-ring (bicyclic) bond motifs is 12. The molecule has 7 aromatic carbocycles. The summed E-state index contributed by atoms with van der Waals surface area (Å²) < 4.78 is 4.90. The molecule has 0 fully saturated rings. The fourth-order valence-electron chi connectivity index (χ4n) is 10.2. The van der Waals surface area contributed by atoms with E-state index >= 15 is 0 Å². The molecule has 0 spiro atoms. The van der Waals surface area contributed by atoms with Crippen molar-refractivity contribution in [3.05, 3.63) is 217 Å². The van der Waals surface area contributed by atoms with E-state index in [1.54, 1.807) is 0 Å². The summed E-state index contributed by atoms with van der Waals surface area (Å²) in [5.41, 5.74) is 15.1. The zero-order chi connectivity index (χ0) is 36.7. The first-order valence-electron chi connectivity index (χ1n) is 19.9. The Morgan fingerprint density at radius 2 is 0.804 bits per heavy atom. The van der Waals surface area contributed by atoms with Crippen LogP contribution in [0.3, 0.4) is 0 Å². The van der Waals surface area contributed by atoms with Gasteiger partial charge < -0.3 is 9.13 Å². The molecular weight excluding hydrogens is 677 g/mol. The summed E-state index contributed by atoms with van der Waals surface area (Å²) in [4.78, 5) is 0. The lowest BCUT2D eigenvalue weighted by atomic mass is 9.61. The smallest absolute Gasteiger partial charge is 0.0541 e. The van der Waals surface area contributed by atoms with Gasteiger partial charge >= 0.3 is 0 Å². The molecule has 2 heterocycles. The van der Waals surface area contributed by atoms with Gasteiger partial charge in [-0.15, -0.1) is 0 Å². The van der Waals surface area contributed by atoms with E-state index in [1.165, 1.54) is 88.4 Å². The van der Waals surface area contributed by atoms with E-state index in [-0.39, 0.29) is 0 Å². The number of para-hydroxylation sites is 2. The summed E-state index contributed by atoms with van der Waals surface area (Å²) in [7, 11) is 0. The van der Waals surface area contributed by atoms with E-state index in [0.29, 0.717) is 23.7 Å². The Bertz CT molecular complexity index is 3160. The van der Waals surface area contributed by atoms with Crippen molar-refractivity contribution >= 4 is 43.6 Å². The average Bonchev–Trinajstić information content (AvgIpc) is 3.79. The van der Waals surface area contributed by atoms with Crippen LogP contribution < -0.4 is 0 Å². The number of hydrogen-bond donors (Lipinski definition) is 0. The largest absolute Gasteiger partial charge is 0.309 e. The van der Waals surface area contributed by atoms with Gasteiger partial charge in [0, 0.05) is 44.8 Å². The SMILES string of the molecule is C1=CC2c3ccc(-n4c5ccccc5c5cc(-c6ccc7c(c6)c6ccccc6n7-c6cccc(-c7ccccc7)c6)ccc54)cc3C3C=CC=CC3C2C=C1. The van der Waals surface area contributed by atoms with Gasteiger partial charge in [0.25, 0.3) is 0 Å². The van der Waals surface area contributed by atoms with Crippen LogP contribution in [0.5, 0.6) is 0 Å². The third-order valence-electron chi connectivity index (χ3n) is 12.7. The van der Waals surface area contributed by atoms with Crippen LogP contribution in [0.25, 0.3) is 77.2 Å². The fraction of sp³-hybridized carbons (Fsp3) is 0.0741. The Morgan fingerprint density at radius 1 is 0.304 bits per heavy atom. The Hall–Kier alpha value is -6.90. The first kappa shape index (κ1) is 31.5. The Kier molecular flexibility index (Phi) is 6.91. The van der Waals surface area contributed by atoms with Crippen LogP contribution >= 0.6 is 0 Å². The zero-order valence-corrected chi connectivity index (χ0v) is 30.8. The molecule has 12 rings (SSSR count). The highest BCUT2D eigenvalue weighted by Gasteiger charge is 2.39. The first-order valence-corrected chi connectivity index (χ1v) is 19.9. The number of allylic oxidation sites excluding steroid dienone is 8. The van der Waals surface area contributed by atoms with Crippen molar-refractivity contribution in [1.29, 1.82) is 0 Å². The molecule has 2 aromatic heterocycles. The molecule has 0 radical (unpaired) electrons. The topological polar surface area (TPSA) is 9.86 Å². The third kappa shape index (κ3) is 4.69. The molecule has 0 N–H and O–H groups in total. The summed E-state index contributed by atoms with van der Waals surface area (Å²) in [6.45, 7) is 0. The molecule has 3 aliphatic carbocycles. The van der Waals surface area contributed by atoms with Crippen molar-refractivity contribution in [2.75, 3.05) is 0 Å². The Balaban J connectivity index is 0.991. The van der Waals surface area contributed by atoms with Gasteiger partial charge in [0.15, 0.2) is 0 Å². The van der Waals surface area contributed by atoms with Crippen molar-refractivity contribution in [2.24, 2.45) is 11.8 Å². The minimum absolute atomic E-state index is 0.376. The summed E-state index contributed by atoms with van der Waals surface area (Å²) in [6, 6.07) is 58.6. The van der Waals surface area contributed by atoms with Gasteiger partial charge in [-0.2, -0.15) is 0 Å². The highest BCUT2D eigenvalue weighted by molar-refractivity contribution is 6.12. The number of benzene rings is 7. The van der Waals surface area contributed by atoms with Gasteiger partial charge in [-0.25, -0.2) is 0 Å². The lowest BCUT2D eigenvalue weighted by Crippen LogP contribution is -2.31. The van der Waals surface area contributed by atoms with Crippen molar-refractivity contribution in [2.45, 2.75) is 11.8 Å². The Labute approximate surface area is 326 Å². The van der Waals surface area contributed by atoms with Gasteiger partial charge in [0.05, 0.1) is 22.1 Å². The van der Waals surface area contributed by atoms with Crippen LogP contribution in [0.4, 0.5) is 0 Å². The summed E-state index contributed by atoms with van der Waals surface area (Å²) in [5.74, 6) is 1.76. The molecular formula is C54H38N2. The number of nitrogens with zero attached hydrogens (tertiary/aromatic N) is 2. The standard InChI is InChI=1S/C54H38N2/c1-2-13-35(14-3-1)36-15-12-16-39(31-36)55-51-23-10-8-21-46(51)49-32-37(25-29-53(49)55)38-26-30-54-50(33-38)47-22-9-11-24-52(47)56(54)40-27-28-45-43-19-5-4-17-41(43)42-18-6-7-20-44(42)48(45)34-40/h1-34,41-44H. The average molecular weight is 715 g/mol. The van der Waals surface area contributed by atoms with Crippen LogP contribution in [0.1, 0.15) is 23.0 Å². The zero-order valence-electron chi connectivity index (χ0n) is 30.8. The molecule has 0 aliphatic heterocycles. The molecule has 0 bridgehead atoms. The highest BCUT2D eigenvalue weighted by atomic mass is 15.0. The van der Waals surface area contributed by atoms with Gasteiger partial charge in [-0.3, -0.25) is 0 Å². The van der Waals surface area contributed by atoms with Crippen LogP contribution in [0.2, 0.25) is 0 Å². The molecule has 264 valence electrons. The lowest BCUT2D eigenvalue weighted by Gasteiger charge is -2.42. The van der Waals surface area contributed by atoms with Crippen molar-refractivity contribution in [1.82, 2.24) is 9.13 Å². The van der Waals surface area contributed by atoms with Crippen LogP contribution in [0.15, 0.2) is 206 Å². The molecule has 56 heavy (non-hydrogen) atoms. The predicted molar refractivity (Wildman–Crippen MR) is 235 cm³/mol. The van der Waals surface area contributed by atoms with Crippen LogP contribution in [0, 0.1) is 11.8 Å². The second-order valence-electron chi connectivity index (χ2n) is 15.6. The van der Waals surface area contributed by atoms with E-state index in [4.69, 9.17) is 0 Å². The monoisotopic (exact) mass is 714 g/mol. The van der Waals surface area contributed by atoms with E-state index in [2.05, 4.69) is 215 Å². The van der Waals surface area contributed by atoms with Gasteiger partial charge in [-0.05, 0) is 106 Å². The van der Waals surface area contributed by atoms with E-state index < -0.39 is 0 Å². The second kappa shape index (κ2) is 12.3. The minimum Gasteiger partial charge on any atom is -0.309 e. The number of rotatable bonds is 4. The van der Waals surface area contributed by atoms with Gasteiger partial charge in [0.1, 0.15) is 0 Å². The fourth-order valence-corrected chi connectivity index (χ4v) is 10.2. The van der Waals surface area contributed by atoms with E-state index in [9.17, 15) is 0 Å². The molecule has 4 atom stereocenters. The summed E-state index contributed by atoms with van der Waals surface area (Å²) >= 11 is 0. The molecule has 2 heteroatoms. The number of hydrogen-bond acceptors (Lipinski definition) is 0. The van der Waals surface area contributed by atoms with E-state index in [1.807, 2.05) is 0 Å². The Morgan fingerprint density at radius 3 is 1.45 bits per heavy atom. The lowest BCUT2D eigenvalue weighted by molar-refractivity contribution is 0.370. The summed E-state index contributed by atoms with van der Waals surface area (Å²) in [5, 5.41) is 5.07. The first-order chi connectivity index (χ1) is 27.8. The number of aromatic nitrogens is 2. The molecule has 9 aromatic rings. The van der Waals surface area contributed by atoms with Crippen LogP contribution in [-0.4, -0.2) is 9.13 Å². The molecule has 0 amide bonds. The van der Waals surface area contributed by atoms with Crippen LogP contribution in [-0.2, 0) is 0 Å². The van der Waals surface area contributed by atoms with Crippen molar-refractivity contribution in [3.8, 4) is 33.6 Å². The predicted octanol–water partition coefficient (Wildman–Crippen LogP) is 13.9. The van der Waals surface area contributed by atoms with Gasteiger partial charge in [0.2, 0.25) is 0 Å². The highest BCUT2D eigenvalue weighted by Crippen LogP contribution is 2.52. The maximum atomic E-state index is 2.48. The summed E-state index contributed by atoms with van der Waals surface area (Å²) in [6.07, 6.45) is 18.6. The third-order valence-corrected chi connectivity index (χ3v) is 12.7. The quantitative estimate of drug-likeness (QED) is 0.172. The minimum atomic E-state index is 0.376. The molecule has 0 saturated heterocycles. The van der Waals surface area contributed by atoms with Crippen molar-refractivity contribution < 1.29 is 0 Å². The molecule has 2 nitrogen and oxygen atoms in total. The second-order valence-corrected chi connectivity index (χ2v) is 15.6. The maximum Gasteiger partial charge on any atom is 0.0541 e. The molecule has 4 unspecified atom stereocenters. The van der Waals surface area contributed by atoms with Crippen molar-refractivity contribution in [3.63, 3.8) is 0 Å².